The zero-order valence-corrected chi connectivity index (χ0v) is 16.2. The number of esters is 2. The Bertz CT molecular complexity index is 989. The van der Waals surface area contributed by atoms with Gasteiger partial charge in [0.05, 0.1) is 43.2 Å². The minimum Gasteiger partial charge on any atom is -0.495 e. The van der Waals surface area contributed by atoms with Crippen LogP contribution in [0.25, 0.3) is 0 Å². The number of nitrogens with one attached hydrogen (secondary N) is 1. The minimum absolute atomic E-state index is 0.0000576. The maximum Gasteiger partial charge on any atom is 0.337 e. The van der Waals surface area contributed by atoms with Crippen molar-refractivity contribution < 1.29 is 32.2 Å². The molecule has 0 unspecified atom stereocenters. The van der Waals surface area contributed by atoms with E-state index in [9.17, 15) is 18.0 Å². The first-order valence-corrected chi connectivity index (χ1v) is 9.26. The number of carbonyl (C=O) groups excluding carboxylic acids is 2. The first-order valence-electron chi connectivity index (χ1n) is 7.40. The summed E-state index contributed by atoms with van der Waals surface area (Å²) in [6, 6.07) is 7.80. The molecule has 2 aromatic carbocycles. The lowest BCUT2D eigenvalue weighted by Crippen LogP contribution is -2.16. The maximum absolute atomic E-state index is 12.8. The quantitative estimate of drug-likeness (QED) is 0.725. The summed E-state index contributed by atoms with van der Waals surface area (Å²) in [5, 5.41) is -0.0988. The van der Waals surface area contributed by atoms with E-state index in [1.807, 2.05) is 0 Å². The fourth-order valence-corrected chi connectivity index (χ4v) is 3.77. The van der Waals surface area contributed by atoms with Crippen molar-refractivity contribution in [2.75, 3.05) is 26.1 Å². The van der Waals surface area contributed by atoms with E-state index in [-0.39, 0.29) is 32.5 Å². The van der Waals surface area contributed by atoms with E-state index >= 15 is 0 Å². The summed E-state index contributed by atoms with van der Waals surface area (Å²) in [6.07, 6.45) is 0. The Hall–Kier alpha value is -2.78. The number of benzene rings is 2. The van der Waals surface area contributed by atoms with Crippen LogP contribution in [0.4, 0.5) is 5.69 Å². The van der Waals surface area contributed by atoms with Crippen molar-refractivity contribution in [3.63, 3.8) is 0 Å². The fourth-order valence-electron chi connectivity index (χ4n) is 2.19. The molecule has 0 radical (unpaired) electrons. The van der Waals surface area contributed by atoms with Crippen LogP contribution in [0.1, 0.15) is 20.7 Å². The molecule has 2 aromatic rings. The molecule has 0 saturated carbocycles. The Morgan fingerprint density at radius 3 is 2.04 bits per heavy atom. The number of hydrogen-bond acceptors (Lipinski definition) is 7. The third-order valence-corrected chi connectivity index (χ3v) is 5.35. The SMILES string of the molecule is COC(=O)c1ccc(OC)c(NS(=O)(=O)c2cc(C(=O)OC)ccc2Cl)c1. The molecule has 0 fully saturated rings. The molecule has 2 rings (SSSR count). The molecule has 0 aliphatic carbocycles. The average molecular weight is 414 g/mol. The van der Waals surface area contributed by atoms with Gasteiger partial charge in [-0.2, -0.15) is 0 Å². The number of carbonyl (C=O) groups is 2. The van der Waals surface area contributed by atoms with Gasteiger partial charge in [0.15, 0.2) is 0 Å². The van der Waals surface area contributed by atoms with Gasteiger partial charge in [0.1, 0.15) is 10.6 Å². The highest BCUT2D eigenvalue weighted by Crippen LogP contribution is 2.30. The molecule has 0 bridgehead atoms. The summed E-state index contributed by atoms with van der Waals surface area (Å²) < 4.78 is 42.2. The van der Waals surface area contributed by atoms with Crippen molar-refractivity contribution in [2.45, 2.75) is 4.90 Å². The Kier molecular flexibility index (Phi) is 6.29. The number of halogens is 1. The number of ether oxygens (including phenoxy) is 3. The number of sulfonamides is 1. The van der Waals surface area contributed by atoms with Crippen LogP contribution in [0.2, 0.25) is 5.02 Å². The molecule has 0 heterocycles. The summed E-state index contributed by atoms with van der Waals surface area (Å²) >= 11 is 6.00. The lowest BCUT2D eigenvalue weighted by Gasteiger charge is -2.14. The molecule has 1 N–H and O–H groups in total. The van der Waals surface area contributed by atoms with E-state index < -0.39 is 22.0 Å². The van der Waals surface area contributed by atoms with Crippen LogP contribution in [-0.4, -0.2) is 41.7 Å². The molecule has 0 saturated heterocycles. The molecule has 144 valence electrons. The van der Waals surface area contributed by atoms with Crippen molar-refractivity contribution >= 4 is 39.3 Å². The molecule has 0 spiro atoms. The molecule has 0 atom stereocenters. The second kappa shape index (κ2) is 8.28. The van der Waals surface area contributed by atoms with Gasteiger partial charge in [0, 0.05) is 0 Å². The second-order valence-corrected chi connectivity index (χ2v) is 7.21. The van der Waals surface area contributed by atoms with Gasteiger partial charge in [-0.3, -0.25) is 4.72 Å². The standard InChI is InChI=1S/C17H16ClNO7S/c1-24-14-7-5-10(16(20)25-2)8-13(14)19-27(22,23)15-9-11(17(21)26-3)4-6-12(15)18/h4-9,19H,1-3H3. The normalized spacial score (nSPS) is 10.8. The van der Waals surface area contributed by atoms with Gasteiger partial charge in [0.25, 0.3) is 10.0 Å². The Balaban J connectivity index is 2.50. The molecule has 0 aromatic heterocycles. The first kappa shape index (κ1) is 20.5. The van der Waals surface area contributed by atoms with E-state index in [0.29, 0.717) is 0 Å². The van der Waals surface area contributed by atoms with Crippen LogP contribution in [0.5, 0.6) is 5.75 Å². The zero-order chi connectivity index (χ0) is 20.2. The highest BCUT2D eigenvalue weighted by molar-refractivity contribution is 7.92. The Labute approximate surface area is 161 Å². The highest BCUT2D eigenvalue weighted by atomic mass is 35.5. The molecular weight excluding hydrogens is 398 g/mol. The summed E-state index contributed by atoms with van der Waals surface area (Å²) in [4.78, 5) is 23.0. The number of anilines is 1. The van der Waals surface area contributed by atoms with E-state index in [2.05, 4.69) is 14.2 Å². The maximum atomic E-state index is 12.8. The summed E-state index contributed by atoms with van der Waals surface area (Å²) in [5.74, 6) is -1.19. The van der Waals surface area contributed by atoms with Crippen LogP contribution in [0, 0.1) is 0 Å². The predicted octanol–water partition coefficient (Wildman–Crippen LogP) is 2.72. The molecule has 0 aliphatic rings. The number of hydrogen-bond donors (Lipinski definition) is 1. The topological polar surface area (TPSA) is 108 Å². The van der Waals surface area contributed by atoms with Gasteiger partial charge < -0.3 is 14.2 Å². The second-order valence-electron chi connectivity index (χ2n) is 5.15. The lowest BCUT2D eigenvalue weighted by molar-refractivity contribution is 0.0591. The van der Waals surface area contributed by atoms with Crippen molar-refractivity contribution in [3.05, 3.63) is 52.5 Å². The third kappa shape index (κ3) is 4.50. The van der Waals surface area contributed by atoms with Crippen LogP contribution in [0.15, 0.2) is 41.3 Å². The molecule has 8 nitrogen and oxygen atoms in total. The summed E-state index contributed by atoms with van der Waals surface area (Å²) in [6.45, 7) is 0. The van der Waals surface area contributed by atoms with Crippen molar-refractivity contribution in [1.82, 2.24) is 0 Å². The molecule has 27 heavy (non-hydrogen) atoms. The van der Waals surface area contributed by atoms with E-state index in [1.165, 1.54) is 51.7 Å². The lowest BCUT2D eigenvalue weighted by atomic mass is 10.2. The highest BCUT2D eigenvalue weighted by Gasteiger charge is 2.23. The molecule has 10 heteroatoms. The summed E-state index contributed by atoms with van der Waals surface area (Å²) in [5.41, 5.74) is 0.128. The molecular formula is C17H16ClNO7S. The van der Waals surface area contributed by atoms with Crippen LogP contribution in [0.3, 0.4) is 0 Å². The van der Waals surface area contributed by atoms with Crippen LogP contribution < -0.4 is 9.46 Å². The number of methoxy groups -OCH3 is 3. The van der Waals surface area contributed by atoms with Gasteiger partial charge in [-0.05, 0) is 36.4 Å². The largest absolute Gasteiger partial charge is 0.495 e. The fraction of sp³-hybridized carbons (Fsp3) is 0.176. The van der Waals surface area contributed by atoms with E-state index in [0.717, 1.165) is 6.07 Å². The average Bonchev–Trinajstić information content (AvgIpc) is 2.66. The monoisotopic (exact) mass is 413 g/mol. The smallest absolute Gasteiger partial charge is 0.337 e. The van der Waals surface area contributed by atoms with Crippen LogP contribution in [-0.2, 0) is 19.5 Å². The summed E-state index contributed by atoms with van der Waals surface area (Å²) in [7, 11) is -0.493. The first-order chi connectivity index (χ1) is 12.7. The van der Waals surface area contributed by atoms with E-state index in [4.69, 9.17) is 16.3 Å². The van der Waals surface area contributed by atoms with Gasteiger partial charge in [-0.1, -0.05) is 11.6 Å². The number of rotatable bonds is 6. The molecule has 0 amide bonds. The van der Waals surface area contributed by atoms with Crippen molar-refractivity contribution in [3.8, 4) is 5.75 Å². The van der Waals surface area contributed by atoms with Gasteiger partial charge >= 0.3 is 11.9 Å². The Morgan fingerprint density at radius 1 is 0.926 bits per heavy atom. The molecule has 0 aliphatic heterocycles. The van der Waals surface area contributed by atoms with Gasteiger partial charge in [0.2, 0.25) is 0 Å². The van der Waals surface area contributed by atoms with Gasteiger partial charge in [-0.15, -0.1) is 0 Å². The zero-order valence-electron chi connectivity index (χ0n) is 14.6. The van der Waals surface area contributed by atoms with Crippen LogP contribution >= 0.6 is 11.6 Å². The van der Waals surface area contributed by atoms with E-state index in [1.54, 1.807) is 0 Å². The Morgan fingerprint density at radius 2 is 1.48 bits per heavy atom. The van der Waals surface area contributed by atoms with Crippen molar-refractivity contribution in [2.24, 2.45) is 0 Å². The minimum atomic E-state index is -4.21. The predicted molar refractivity (Wildman–Crippen MR) is 97.9 cm³/mol. The van der Waals surface area contributed by atoms with Crippen molar-refractivity contribution in [1.29, 1.82) is 0 Å². The van der Waals surface area contributed by atoms with Gasteiger partial charge in [-0.25, -0.2) is 18.0 Å². The third-order valence-electron chi connectivity index (χ3n) is 3.51.